The predicted octanol–water partition coefficient (Wildman–Crippen LogP) is 0.545. The quantitative estimate of drug-likeness (QED) is 0.770. The molecule has 0 unspecified atom stereocenters. The van der Waals surface area contributed by atoms with Crippen molar-refractivity contribution in [1.82, 2.24) is 20.1 Å². The number of carbonyl (C=O) groups is 1. The summed E-state index contributed by atoms with van der Waals surface area (Å²) in [5.41, 5.74) is 2.56. The van der Waals surface area contributed by atoms with Crippen LogP contribution in [0.3, 0.4) is 0 Å². The molecule has 1 fully saturated rings. The van der Waals surface area contributed by atoms with Crippen molar-refractivity contribution < 1.29 is 9.90 Å². The molecule has 0 radical (unpaired) electrons. The summed E-state index contributed by atoms with van der Waals surface area (Å²) in [6.07, 6.45) is 1.58. The molecule has 2 atom stereocenters. The van der Waals surface area contributed by atoms with Gasteiger partial charge in [0.15, 0.2) is 5.82 Å². The van der Waals surface area contributed by atoms with Crippen LogP contribution in [0.25, 0.3) is 5.82 Å². The zero-order chi connectivity index (χ0) is 15.7. The number of amides is 1. The second-order valence-electron chi connectivity index (χ2n) is 5.58. The molecule has 1 amide bonds. The molecule has 0 aromatic carbocycles. The maximum Gasteiger partial charge on any atom is 0.241 e. The maximum absolute atomic E-state index is 12.0. The first-order chi connectivity index (χ1) is 10.5. The molecular weight excluding hydrogens is 282 g/mol. The molecule has 3 heterocycles. The summed E-state index contributed by atoms with van der Waals surface area (Å²) < 4.78 is 1.76. The number of hydrogen-bond donors (Lipinski definition) is 3. The largest absolute Gasteiger partial charge is 0.392 e. The Labute approximate surface area is 128 Å². The second-order valence-corrected chi connectivity index (χ2v) is 5.58. The lowest BCUT2D eigenvalue weighted by molar-refractivity contribution is -0.117. The Balaban J connectivity index is 1.69. The van der Waals surface area contributed by atoms with Crippen molar-refractivity contribution in [3.63, 3.8) is 0 Å². The highest BCUT2D eigenvalue weighted by Crippen LogP contribution is 2.14. The first kappa shape index (κ1) is 14.7. The molecule has 1 saturated heterocycles. The molecule has 1 aliphatic heterocycles. The monoisotopic (exact) mass is 301 g/mol. The molecule has 1 aliphatic rings. The van der Waals surface area contributed by atoms with Gasteiger partial charge in [0.25, 0.3) is 0 Å². The van der Waals surface area contributed by atoms with E-state index in [-0.39, 0.29) is 11.9 Å². The number of nitrogens with zero attached hydrogens (tertiary/aromatic N) is 3. The van der Waals surface area contributed by atoms with Gasteiger partial charge < -0.3 is 15.7 Å². The van der Waals surface area contributed by atoms with Crippen LogP contribution in [-0.2, 0) is 4.79 Å². The van der Waals surface area contributed by atoms with Crippen LogP contribution in [0.4, 0.5) is 5.69 Å². The fraction of sp³-hybridized carbons (Fsp3) is 0.400. The Hall–Kier alpha value is -2.25. The number of pyridine rings is 1. The minimum atomic E-state index is -0.456. The van der Waals surface area contributed by atoms with E-state index in [1.807, 2.05) is 26.0 Å². The number of nitrogens with one attached hydrogen (secondary N) is 2. The molecule has 7 nitrogen and oxygen atoms in total. The zero-order valence-electron chi connectivity index (χ0n) is 12.6. The normalized spacial score (nSPS) is 21.0. The van der Waals surface area contributed by atoms with Gasteiger partial charge in [0.2, 0.25) is 5.91 Å². The van der Waals surface area contributed by atoms with E-state index in [4.69, 9.17) is 0 Å². The molecule has 2 aromatic heterocycles. The topological polar surface area (TPSA) is 92.1 Å². The lowest BCUT2D eigenvalue weighted by atomic mass is 10.2. The number of anilines is 1. The number of rotatable bonds is 3. The van der Waals surface area contributed by atoms with Crippen LogP contribution in [0, 0.1) is 13.8 Å². The van der Waals surface area contributed by atoms with Crippen LogP contribution in [0.5, 0.6) is 0 Å². The summed E-state index contributed by atoms with van der Waals surface area (Å²) in [7, 11) is 0. The van der Waals surface area contributed by atoms with Crippen molar-refractivity contribution in [2.24, 2.45) is 0 Å². The van der Waals surface area contributed by atoms with Gasteiger partial charge in [-0.15, -0.1) is 0 Å². The van der Waals surface area contributed by atoms with Crippen LogP contribution in [-0.4, -0.2) is 44.5 Å². The van der Waals surface area contributed by atoms with Gasteiger partial charge in [0.1, 0.15) is 0 Å². The Morgan fingerprint density at radius 2 is 2.27 bits per heavy atom. The minimum Gasteiger partial charge on any atom is -0.392 e. The Morgan fingerprint density at radius 3 is 2.82 bits per heavy atom. The van der Waals surface area contributed by atoms with E-state index in [0.29, 0.717) is 24.5 Å². The van der Waals surface area contributed by atoms with Gasteiger partial charge in [-0.2, -0.15) is 5.10 Å². The van der Waals surface area contributed by atoms with Crippen molar-refractivity contribution in [1.29, 1.82) is 0 Å². The van der Waals surface area contributed by atoms with Crippen molar-refractivity contribution in [2.45, 2.75) is 32.4 Å². The summed E-state index contributed by atoms with van der Waals surface area (Å²) in [6, 6.07) is 5.23. The number of hydrogen-bond acceptors (Lipinski definition) is 5. The van der Waals surface area contributed by atoms with Crippen LogP contribution in [0.1, 0.15) is 17.8 Å². The van der Waals surface area contributed by atoms with Crippen LogP contribution >= 0.6 is 0 Å². The number of aromatic nitrogens is 3. The second kappa shape index (κ2) is 5.86. The third-order valence-electron chi connectivity index (χ3n) is 3.67. The zero-order valence-corrected chi connectivity index (χ0v) is 12.6. The van der Waals surface area contributed by atoms with Crippen LogP contribution in [0.15, 0.2) is 24.4 Å². The maximum atomic E-state index is 12.0. The third kappa shape index (κ3) is 3.00. The molecular formula is C15H19N5O2. The van der Waals surface area contributed by atoms with E-state index in [1.54, 1.807) is 16.9 Å². The highest BCUT2D eigenvalue weighted by molar-refractivity contribution is 5.95. The van der Waals surface area contributed by atoms with E-state index in [9.17, 15) is 9.90 Å². The average molecular weight is 301 g/mol. The lowest BCUT2D eigenvalue weighted by Gasteiger charge is -2.11. The molecule has 116 valence electrons. The first-order valence-corrected chi connectivity index (χ1v) is 7.25. The van der Waals surface area contributed by atoms with Gasteiger partial charge in [-0.05, 0) is 38.5 Å². The average Bonchev–Trinajstić information content (AvgIpc) is 3.05. The molecule has 0 aliphatic carbocycles. The first-order valence-electron chi connectivity index (χ1n) is 7.25. The van der Waals surface area contributed by atoms with Crippen molar-refractivity contribution >= 4 is 11.6 Å². The highest BCUT2D eigenvalue weighted by atomic mass is 16.3. The molecule has 3 rings (SSSR count). The van der Waals surface area contributed by atoms with Gasteiger partial charge in [-0.3, -0.25) is 4.79 Å². The molecule has 3 N–H and O–H groups in total. The summed E-state index contributed by atoms with van der Waals surface area (Å²) in [5.74, 6) is 0.551. The summed E-state index contributed by atoms with van der Waals surface area (Å²) in [4.78, 5) is 16.4. The molecule has 22 heavy (non-hydrogen) atoms. The van der Waals surface area contributed by atoms with Crippen molar-refractivity contribution in [2.75, 3.05) is 11.9 Å². The van der Waals surface area contributed by atoms with Gasteiger partial charge >= 0.3 is 0 Å². The van der Waals surface area contributed by atoms with Gasteiger partial charge in [-0.1, -0.05) is 0 Å². The molecule has 7 heteroatoms. The number of carbonyl (C=O) groups excluding carboxylic acids is 1. The lowest BCUT2D eigenvalue weighted by Crippen LogP contribution is -2.35. The standard InChI is InChI=1S/C15H19N5O2/c1-9-5-10(2)20(19-9)14-4-3-11(7-17-14)18-15(22)13-6-12(21)8-16-13/h3-5,7,12-13,16,21H,6,8H2,1-2H3,(H,18,22)/t12-,13+/m0/s1. The van der Waals surface area contributed by atoms with E-state index in [0.717, 1.165) is 11.4 Å². The Morgan fingerprint density at radius 1 is 1.45 bits per heavy atom. The van der Waals surface area contributed by atoms with Crippen molar-refractivity contribution in [3.8, 4) is 5.82 Å². The van der Waals surface area contributed by atoms with Gasteiger partial charge in [-0.25, -0.2) is 9.67 Å². The van der Waals surface area contributed by atoms with E-state index in [2.05, 4.69) is 20.7 Å². The van der Waals surface area contributed by atoms with Crippen LogP contribution in [0.2, 0.25) is 0 Å². The minimum absolute atomic E-state index is 0.155. The summed E-state index contributed by atoms with van der Waals surface area (Å²) in [6.45, 7) is 4.35. The fourth-order valence-corrected chi connectivity index (χ4v) is 2.59. The molecule has 0 saturated carbocycles. The number of aliphatic hydroxyl groups is 1. The van der Waals surface area contributed by atoms with Gasteiger partial charge in [0, 0.05) is 12.2 Å². The van der Waals surface area contributed by atoms with Gasteiger partial charge in [0.05, 0.1) is 29.7 Å². The smallest absolute Gasteiger partial charge is 0.241 e. The molecule has 2 aromatic rings. The summed E-state index contributed by atoms with van der Waals surface area (Å²) >= 11 is 0. The third-order valence-corrected chi connectivity index (χ3v) is 3.67. The Kier molecular flexibility index (Phi) is 3.91. The van der Waals surface area contributed by atoms with E-state index >= 15 is 0 Å². The van der Waals surface area contributed by atoms with E-state index < -0.39 is 6.10 Å². The van der Waals surface area contributed by atoms with Crippen molar-refractivity contribution in [3.05, 3.63) is 35.8 Å². The fourth-order valence-electron chi connectivity index (χ4n) is 2.59. The number of aliphatic hydroxyl groups excluding tert-OH is 1. The van der Waals surface area contributed by atoms with E-state index in [1.165, 1.54) is 0 Å². The SMILES string of the molecule is Cc1cc(C)n(-c2ccc(NC(=O)[C@H]3C[C@H](O)CN3)cn2)n1. The Bertz CT molecular complexity index is 680. The van der Waals surface area contributed by atoms with Crippen LogP contribution < -0.4 is 10.6 Å². The highest BCUT2D eigenvalue weighted by Gasteiger charge is 2.27. The number of aryl methyl sites for hydroxylation is 2. The molecule has 0 bridgehead atoms. The molecule has 0 spiro atoms. The summed E-state index contributed by atoms with van der Waals surface area (Å²) in [5, 5.41) is 19.6. The number of β-amino-alcohol motifs (C(OH)–C–C–N with tert-alkyl or cyclic N) is 1. The predicted molar refractivity (Wildman–Crippen MR) is 81.9 cm³/mol.